The zero-order valence-electron chi connectivity index (χ0n) is 12.7. The molecule has 1 saturated carbocycles. The Balaban J connectivity index is 2.22. The smallest absolute Gasteiger partial charge is 0.245 e. The molecule has 1 heterocycles. The molecule has 1 fully saturated rings. The van der Waals surface area contributed by atoms with Crippen LogP contribution in [0, 0.1) is 18.3 Å². The Morgan fingerprint density at radius 2 is 2.24 bits per heavy atom. The predicted octanol–water partition coefficient (Wildman–Crippen LogP) is 1.17. The minimum absolute atomic E-state index is 0.135. The first-order valence-electron chi connectivity index (χ1n) is 7.28. The van der Waals surface area contributed by atoms with Gasteiger partial charge in [-0.05, 0) is 31.4 Å². The molecule has 116 valence electrons. The van der Waals surface area contributed by atoms with Gasteiger partial charge in [-0.1, -0.05) is 12.8 Å². The zero-order valence-corrected chi connectivity index (χ0v) is 13.5. The first-order chi connectivity index (χ1) is 9.98. The molecule has 0 spiro atoms. The van der Waals surface area contributed by atoms with E-state index in [0.29, 0.717) is 23.9 Å². The van der Waals surface area contributed by atoms with Crippen molar-refractivity contribution in [1.82, 2.24) is 14.2 Å². The van der Waals surface area contributed by atoms with Gasteiger partial charge >= 0.3 is 0 Å². The maximum atomic E-state index is 12.7. The number of nitrogens with one attached hydrogen (secondary N) is 1. The summed E-state index contributed by atoms with van der Waals surface area (Å²) in [5, 5.41) is 3.21. The highest BCUT2D eigenvalue weighted by Gasteiger charge is 2.32. The fraction of sp³-hybridized carbons (Fsp3) is 0.600. The van der Waals surface area contributed by atoms with E-state index >= 15 is 0 Å². The molecule has 1 aromatic rings. The van der Waals surface area contributed by atoms with Crippen molar-refractivity contribution < 1.29 is 8.42 Å². The Kier molecular flexibility index (Phi) is 5.09. The summed E-state index contributed by atoms with van der Waals surface area (Å²) >= 11 is 0. The van der Waals surface area contributed by atoms with Crippen molar-refractivity contribution in [2.45, 2.75) is 31.2 Å². The second-order valence-corrected chi connectivity index (χ2v) is 7.44. The highest BCUT2D eigenvalue weighted by Crippen LogP contribution is 2.31. The molecule has 1 aliphatic carbocycles. The van der Waals surface area contributed by atoms with Crippen LogP contribution in [0.2, 0.25) is 0 Å². The number of aryl methyl sites for hydroxylation is 1. The summed E-state index contributed by atoms with van der Waals surface area (Å²) in [7, 11) is -1.64. The molecule has 0 unspecified atom stereocenters. The molecule has 0 radical (unpaired) electrons. The molecule has 0 bridgehead atoms. The maximum absolute atomic E-state index is 12.7. The number of rotatable bonds is 8. The van der Waals surface area contributed by atoms with Crippen molar-refractivity contribution >= 4 is 10.0 Å². The van der Waals surface area contributed by atoms with E-state index in [4.69, 9.17) is 6.42 Å². The van der Waals surface area contributed by atoms with Crippen molar-refractivity contribution in [2.24, 2.45) is 13.0 Å². The molecule has 0 aromatic carbocycles. The van der Waals surface area contributed by atoms with Crippen LogP contribution >= 0.6 is 0 Å². The number of nitrogens with zero attached hydrogens (tertiary/aromatic N) is 2. The highest BCUT2D eigenvalue weighted by atomic mass is 32.2. The monoisotopic (exact) mass is 309 g/mol. The van der Waals surface area contributed by atoms with Crippen molar-refractivity contribution in [2.75, 3.05) is 19.6 Å². The second kappa shape index (κ2) is 6.65. The highest BCUT2D eigenvalue weighted by molar-refractivity contribution is 7.89. The molecule has 21 heavy (non-hydrogen) atoms. The molecule has 6 heteroatoms. The summed E-state index contributed by atoms with van der Waals surface area (Å²) in [6.07, 6.45) is 9.18. The Morgan fingerprint density at radius 3 is 2.81 bits per heavy atom. The zero-order chi connectivity index (χ0) is 15.5. The summed E-state index contributed by atoms with van der Waals surface area (Å²) in [5.41, 5.74) is 0.947. The van der Waals surface area contributed by atoms with Crippen LogP contribution in [-0.4, -0.2) is 36.9 Å². The average Bonchev–Trinajstić information content (AvgIpc) is 3.18. The molecule has 0 atom stereocenters. The summed E-state index contributed by atoms with van der Waals surface area (Å²) in [6.45, 7) is 4.18. The van der Waals surface area contributed by atoms with Gasteiger partial charge in [-0.25, -0.2) is 8.42 Å². The molecule has 2 rings (SSSR count). The lowest BCUT2D eigenvalue weighted by molar-refractivity contribution is 0.430. The van der Waals surface area contributed by atoms with Gasteiger partial charge in [0.25, 0.3) is 0 Å². The molecule has 5 nitrogen and oxygen atoms in total. The molecule has 1 aromatic heterocycles. The first-order valence-corrected chi connectivity index (χ1v) is 8.72. The molecular formula is C15H23N3O2S. The van der Waals surface area contributed by atoms with Gasteiger partial charge in [0.1, 0.15) is 4.90 Å². The Hall–Kier alpha value is -1.29. The van der Waals surface area contributed by atoms with Crippen molar-refractivity contribution in [3.63, 3.8) is 0 Å². The van der Waals surface area contributed by atoms with E-state index in [0.717, 1.165) is 25.1 Å². The van der Waals surface area contributed by atoms with Gasteiger partial charge in [-0.3, -0.25) is 0 Å². The van der Waals surface area contributed by atoms with Crippen LogP contribution in [-0.2, 0) is 23.6 Å². The Labute approximate surface area is 127 Å². The molecule has 1 N–H and O–H groups in total. The van der Waals surface area contributed by atoms with E-state index in [-0.39, 0.29) is 6.54 Å². The van der Waals surface area contributed by atoms with E-state index in [1.165, 1.54) is 4.31 Å². The van der Waals surface area contributed by atoms with E-state index in [2.05, 4.69) is 11.2 Å². The Bertz CT molecular complexity index is 624. The van der Waals surface area contributed by atoms with Gasteiger partial charge in [-0.15, -0.1) is 6.42 Å². The van der Waals surface area contributed by atoms with Gasteiger partial charge in [0, 0.05) is 32.0 Å². The predicted molar refractivity (Wildman–Crippen MR) is 83.1 cm³/mol. The lowest BCUT2D eigenvalue weighted by Crippen LogP contribution is -2.33. The van der Waals surface area contributed by atoms with Gasteiger partial charge in [0.15, 0.2) is 0 Å². The summed E-state index contributed by atoms with van der Waals surface area (Å²) in [4.78, 5) is 0.328. The van der Waals surface area contributed by atoms with Crippen molar-refractivity contribution in [1.29, 1.82) is 0 Å². The molecule has 0 saturated heterocycles. The number of hydrogen-bond acceptors (Lipinski definition) is 3. The third kappa shape index (κ3) is 3.88. The van der Waals surface area contributed by atoms with E-state index in [1.807, 2.05) is 18.5 Å². The number of aromatic nitrogens is 1. The lowest BCUT2D eigenvalue weighted by Gasteiger charge is -2.18. The third-order valence-corrected chi connectivity index (χ3v) is 5.48. The third-order valence-electron chi connectivity index (χ3n) is 3.70. The maximum Gasteiger partial charge on any atom is 0.245 e. The van der Waals surface area contributed by atoms with E-state index in [9.17, 15) is 8.42 Å². The standard InChI is InChI=1S/C15H23N3O2S/c1-4-8-18(11-13-6-7-13)21(19,20)15-9-14(10-16-5-2)17(3)12-15/h1,9,12-13,16H,5-8,10-11H2,2-3H3. The molecular weight excluding hydrogens is 286 g/mol. The molecule has 0 aliphatic heterocycles. The van der Waals surface area contributed by atoms with Crippen LogP contribution in [0.3, 0.4) is 0 Å². The van der Waals surface area contributed by atoms with Crippen LogP contribution in [0.5, 0.6) is 0 Å². The van der Waals surface area contributed by atoms with Gasteiger partial charge in [0.05, 0.1) is 6.54 Å². The van der Waals surface area contributed by atoms with Crippen LogP contribution in [0.15, 0.2) is 17.2 Å². The van der Waals surface area contributed by atoms with Crippen LogP contribution in [0.1, 0.15) is 25.5 Å². The largest absolute Gasteiger partial charge is 0.352 e. The van der Waals surface area contributed by atoms with Gasteiger partial charge in [0.2, 0.25) is 10.0 Å². The normalized spacial score (nSPS) is 15.3. The van der Waals surface area contributed by atoms with Crippen molar-refractivity contribution in [3.8, 4) is 12.3 Å². The van der Waals surface area contributed by atoms with Gasteiger partial charge < -0.3 is 9.88 Å². The van der Waals surface area contributed by atoms with Crippen molar-refractivity contribution in [3.05, 3.63) is 18.0 Å². The van der Waals surface area contributed by atoms with E-state index < -0.39 is 10.0 Å². The molecule has 0 amide bonds. The quantitative estimate of drug-likeness (QED) is 0.734. The molecule has 1 aliphatic rings. The number of sulfonamides is 1. The SMILES string of the molecule is C#CCN(CC1CC1)S(=O)(=O)c1cc(CNCC)n(C)c1. The average molecular weight is 309 g/mol. The minimum atomic E-state index is -3.50. The summed E-state index contributed by atoms with van der Waals surface area (Å²) < 4.78 is 28.7. The van der Waals surface area contributed by atoms with Crippen LogP contribution in [0.4, 0.5) is 0 Å². The Morgan fingerprint density at radius 1 is 1.52 bits per heavy atom. The minimum Gasteiger partial charge on any atom is -0.352 e. The van der Waals surface area contributed by atoms with Gasteiger partial charge in [-0.2, -0.15) is 4.31 Å². The van der Waals surface area contributed by atoms with E-state index in [1.54, 1.807) is 12.3 Å². The number of terminal acetylenes is 1. The summed E-state index contributed by atoms with van der Waals surface area (Å²) in [5.74, 6) is 2.93. The fourth-order valence-corrected chi connectivity index (χ4v) is 3.76. The number of hydrogen-bond donors (Lipinski definition) is 1. The van der Waals surface area contributed by atoms with Crippen LogP contribution in [0.25, 0.3) is 0 Å². The topological polar surface area (TPSA) is 54.3 Å². The summed E-state index contributed by atoms with van der Waals surface area (Å²) in [6, 6.07) is 1.73. The first kappa shape index (κ1) is 16.1. The fourth-order valence-electron chi connectivity index (χ4n) is 2.23. The van der Waals surface area contributed by atoms with Crippen LogP contribution < -0.4 is 5.32 Å². The lowest BCUT2D eigenvalue weighted by atomic mass is 10.4. The second-order valence-electron chi connectivity index (χ2n) is 5.50.